The van der Waals surface area contributed by atoms with E-state index in [0.29, 0.717) is 18.2 Å². The number of unbranched alkanes of at least 4 members (excludes halogenated alkanes) is 1. The lowest BCUT2D eigenvalue weighted by Gasteiger charge is -2.23. The van der Waals surface area contributed by atoms with Crippen molar-refractivity contribution >= 4 is 0 Å². The van der Waals surface area contributed by atoms with Gasteiger partial charge in [0.2, 0.25) is 0 Å². The molecular weight excluding hydrogens is 290 g/mol. The van der Waals surface area contributed by atoms with Gasteiger partial charge in [0.15, 0.2) is 0 Å². The highest BCUT2D eigenvalue weighted by Gasteiger charge is 2.12. The Morgan fingerprint density at radius 3 is 2.87 bits per heavy atom. The summed E-state index contributed by atoms with van der Waals surface area (Å²) < 4.78 is 7.26. The number of hydrogen-bond donors (Lipinski definition) is 1. The summed E-state index contributed by atoms with van der Waals surface area (Å²) in [5.41, 5.74) is 1.63. The first-order valence-corrected chi connectivity index (χ1v) is 8.28. The Morgan fingerprint density at radius 2 is 2.09 bits per heavy atom. The van der Waals surface area contributed by atoms with Gasteiger partial charge in [-0.15, -0.1) is 0 Å². The number of rotatable bonds is 6. The van der Waals surface area contributed by atoms with Crippen LogP contribution in [-0.2, 0) is 11.3 Å². The molecule has 0 saturated carbocycles. The van der Waals surface area contributed by atoms with Gasteiger partial charge in [0.05, 0.1) is 18.3 Å². The molecule has 3 rings (SSSR count). The highest BCUT2D eigenvalue weighted by Crippen LogP contribution is 2.13. The third-order valence-corrected chi connectivity index (χ3v) is 4.15. The fourth-order valence-electron chi connectivity index (χ4n) is 2.89. The van der Waals surface area contributed by atoms with Gasteiger partial charge >= 0.3 is 0 Å². The maximum atomic E-state index is 12.5. The topological polar surface area (TPSA) is 56.2 Å². The van der Waals surface area contributed by atoms with Crippen molar-refractivity contribution in [2.24, 2.45) is 0 Å². The summed E-state index contributed by atoms with van der Waals surface area (Å²) in [6.07, 6.45) is 5.02. The molecule has 0 amide bonds. The highest BCUT2D eigenvalue weighted by molar-refractivity contribution is 5.61. The number of aromatic nitrogens is 2. The zero-order valence-electron chi connectivity index (χ0n) is 13.3. The van der Waals surface area contributed by atoms with E-state index < -0.39 is 0 Å². The van der Waals surface area contributed by atoms with E-state index >= 15 is 0 Å². The van der Waals surface area contributed by atoms with Crippen molar-refractivity contribution in [1.29, 1.82) is 0 Å². The summed E-state index contributed by atoms with van der Waals surface area (Å²) in [7, 11) is 0. The van der Waals surface area contributed by atoms with Crippen LogP contribution in [0, 0.1) is 0 Å². The molecule has 0 spiro atoms. The van der Waals surface area contributed by atoms with E-state index in [1.165, 1.54) is 0 Å². The van der Waals surface area contributed by atoms with Gasteiger partial charge in [-0.3, -0.25) is 4.79 Å². The van der Waals surface area contributed by atoms with Gasteiger partial charge in [-0.2, -0.15) is 5.10 Å². The standard InChI is InChI=1S/C18H23N3O2/c22-18-17(15-6-2-1-3-7-15)9-10-20-21(18)12-5-4-8-16-14-19-11-13-23-16/h1-3,6-7,9-10,16,19H,4-5,8,11-14H2. The normalized spacial score (nSPS) is 18.0. The molecule has 122 valence electrons. The number of nitrogens with one attached hydrogen (secondary N) is 1. The zero-order valence-corrected chi connectivity index (χ0v) is 13.3. The van der Waals surface area contributed by atoms with Crippen LogP contribution in [0.5, 0.6) is 0 Å². The minimum atomic E-state index is -0.0192. The third kappa shape index (κ3) is 4.27. The average Bonchev–Trinajstić information content (AvgIpc) is 2.61. The molecule has 2 heterocycles. The van der Waals surface area contributed by atoms with Crippen LogP contribution in [0.3, 0.4) is 0 Å². The molecule has 1 unspecified atom stereocenters. The van der Waals surface area contributed by atoms with Crippen molar-refractivity contribution in [3.8, 4) is 11.1 Å². The molecular formula is C18H23N3O2. The average molecular weight is 313 g/mol. The van der Waals surface area contributed by atoms with Crippen LogP contribution in [0.1, 0.15) is 19.3 Å². The van der Waals surface area contributed by atoms with E-state index in [4.69, 9.17) is 4.74 Å². The number of aryl methyl sites for hydroxylation is 1. The number of benzene rings is 1. The predicted molar refractivity (Wildman–Crippen MR) is 90.4 cm³/mol. The van der Waals surface area contributed by atoms with Crippen LogP contribution in [0.2, 0.25) is 0 Å². The molecule has 5 nitrogen and oxygen atoms in total. The van der Waals surface area contributed by atoms with E-state index in [0.717, 1.165) is 44.5 Å². The highest BCUT2D eigenvalue weighted by atomic mass is 16.5. The molecule has 0 radical (unpaired) electrons. The quantitative estimate of drug-likeness (QED) is 0.830. The van der Waals surface area contributed by atoms with Crippen molar-refractivity contribution in [1.82, 2.24) is 15.1 Å². The van der Waals surface area contributed by atoms with Crippen molar-refractivity contribution in [3.63, 3.8) is 0 Å². The molecule has 1 aliphatic heterocycles. The molecule has 23 heavy (non-hydrogen) atoms. The molecule has 1 aromatic carbocycles. The van der Waals surface area contributed by atoms with E-state index in [-0.39, 0.29) is 5.56 Å². The molecule has 1 aliphatic rings. The number of ether oxygens (including phenoxy) is 1. The molecule has 1 N–H and O–H groups in total. The van der Waals surface area contributed by atoms with Gasteiger partial charge in [0, 0.05) is 25.8 Å². The van der Waals surface area contributed by atoms with Gasteiger partial charge in [-0.05, 0) is 30.9 Å². The van der Waals surface area contributed by atoms with E-state index in [1.807, 2.05) is 30.3 Å². The largest absolute Gasteiger partial charge is 0.376 e. The van der Waals surface area contributed by atoms with Gasteiger partial charge in [-0.25, -0.2) is 4.68 Å². The summed E-state index contributed by atoms with van der Waals surface area (Å²) in [4.78, 5) is 12.5. The van der Waals surface area contributed by atoms with Gasteiger partial charge in [0.1, 0.15) is 0 Å². The van der Waals surface area contributed by atoms with Crippen LogP contribution in [0.25, 0.3) is 11.1 Å². The first kappa shape index (κ1) is 15.9. The third-order valence-electron chi connectivity index (χ3n) is 4.15. The molecule has 0 aliphatic carbocycles. The molecule has 0 bridgehead atoms. The lowest BCUT2D eigenvalue weighted by atomic mass is 10.1. The minimum Gasteiger partial charge on any atom is -0.376 e. The zero-order chi connectivity index (χ0) is 15.9. The van der Waals surface area contributed by atoms with Gasteiger partial charge in [-0.1, -0.05) is 30.3 Å². The fourth-order valence-corrected chi connectivity index (χ4v) is 2.89. The lowest BCUT2D eigenvalue weighted by Crippen LogP contribution is -2.38. The Kier molecular flexibility index (Phi) is 5.56. The second-order valence-corrected chi connectivity index (χ2v) is 5.83. The minimum absolute atomic E-state index is 0.0192. The van der Waals surface area contributed by atoms with E-state index in [9.17, 15) is 4.79 Å². The Balaban J connectivity index is 1.57. The maximum Gasteiger partial charge on any atom is 0.274 e. The number of morpholine rings is 1. The molecule has 1 fully saturated rings. The van der Waals surface area contributed by atoms with Crippen molar-refractivity contribution in [2.45, 2.75) is 31.9 Å². The van der Waals surface area contributed by atoms with Crippen molar-refractivity contribution in [2.75, 3.05) is 19.7 Å². The summed E-state index contributed by atoms with van der Waals surface area (Å²) >= 11 is 0. The smallest absolute Gasteiger partial charge is 0.274 e. The van der Waals surface area contributed by atoms with Gasteiger partial charge in [0.25, 0.3) is 5.56 Å². The van der Waals surface area contributed by atoms with Crippen LogP contribution in [0.4, 0.5) is 0 Å². The van der Waals surface area contributed by atoms with Crippen LogP contribution >= 0.6 is 0 Å². The first-order valence-electron chi connectivity index (χ1n) is 8.28. The molecule has 1 saturated heterocycles. The maximum absolute atomic E-state index is 12.5. The number of hydrogen-bond acceptors (Lipinski definition) is 4. The monoisotopic (exact) mass is 313 g/mol. The second kappa shape index (κ2) is 8.04. The van der Waals surface area contributed by atoms with Crippen molar-refractivity contribution in [3.05, 3.63) is 52.9 Å². The molecule has 2 aromatic rings. The Labute approximate surface area is 136 Å². The Morgan fingerprint density at radius 1 is 1.22 bits per heavy atom. The fraction of sp³-hybridized carbons (Fsp3) is 0.444. The Hall–Kier alpha value is -1.98. The van der Waals surface area contributed by atoms with Gasteiger partial charge < -0.3 is 10.1 Å². The SMILES string of the molecule is O=c1c(-c2ccccc2)ccnn1CCCCC1CNCCO1. The summed E-state index contributed by atoms with van der Waals surface area (Å²) in [5.74, 6) is 0. The lowest BCUT2D eigenvalue weighted by molar-refractivity contribution is 0.0219. The van der Waals surface area contributed by atoms with Crippen LogP contribution < -0.4 is 10.9 Å². The van der Waals surface area contributed by atoms with Crippen LogP contribution in [-0.4, -0.2) is 35.6 Å². The Bertz CT molecular complexity index is 663. The first-order chi connectivity index (χ1) is 11.3. The molecule has 1 aromatic heterocycles. The summed E-state index contributed by atoms with van der Waals surface area (Å²) in [6, 6.07) is 11.5. The van der Waals surface area contributed by atoms with Crippen molar-refractivity contribution < 1.29 is 4.74 Å². The summed E-state index contributed by atoms with van der Waals surface area (Å²) in [5, 5.41) is 7.54. The van der Waals surface area contributed by atoms with Crippen LogP contribution in [0.15, 0.2) is 47.4 Å². The van der Waals surface area contributed by atoms with E-state index in [2.05, 4.69) is 10.4 Å². The summed E-state index contributed by atoms with van der Waals surface area (Å²) in [6.45, 7) is 3.33. The molecule has 1 atom stereocenters. The molecule has 5 heteroatoms. The predicted octanol–water partition coefficient (Wildman–Crippen LogP) is 2.07. The second-order valence-electron chi connectivity index (χ2n) is 5.83. The van der Waals surface area contributed by atoms with E-state index in [1.54, 1.807) is 16.9 Å². The number of nitrogens with zero attached hydrogens (tertiary/aromatic N) is 2.